The minimum absolute atomic E-state index is 0.509. The van der Waals surface area contributed by atoms with E-state index < -0.39 is 0 Å². The van der Waals surface area contributed by atoms with Crippen LogP contribution in [0, 0.1) is 11.8 Å². The lowest BCUT2D eigenvalue weighted by Gasteiger charge is -2.31. The predicted molar refractivity (Wildman–Crippen MR) is 57.3 cm³/mol. The van der Waals surface area contributed by atoms with Gasteiger partial charge in [0.15, 0.2) is 0 Å². The lowest BCUT2D eigenvalue weighted by atomic mass is 9.80. The monoisotopic (exact) mass is 204 g/mol. The molecule has 1 fully saturated rings. The Labute approximate surface area is 86.8 Å². The van der Waals surface area contributed by atoms with Crippen molar-refractivity contribution in [3.8, 4) is 0 Å². The molecule has 78 valence electrons. The van der Waals surface area contributed by atoms with Gasteiger partial charge in [-0.3, -0.25) is 0 Å². The highest BCUT2D eigenvalue weighted by Crippen LogP contribution is 2.30. The van der Waals surface area contributed by atoms with Crippen LogP contribution in [0.4, 0.5) is 0 Å². The van der Waals surface area contributed by atoms with Gasteiger partial charge in [0.25, 0.3) is 0 Å². The number of alkyl halides is 1. The van der Waals surface area contributed by atoms with Crippen LogP contribution in [0.1, 0.15) is 39.5 Å². The molecular weight excluding hydrogens is 184 g/mol. The zero-order valence-electron chi connectivity index (χ0n) is 8.76. The highest BCUT2D eigenvalue weighted by Gasteiger charge is 2.24. The average Bonchev–Trinajstić information content (AvgIpc) is 2.12. The van der Waals surface area contributed by atoms with Gasteiger partial charge in [0.05, 0.1) is 6.10 Å². The Morgan fingerprint density at radius 3 is 2.62 bits per heavy atom. The van der Waals surface area contributed by atoms with E-state index in [-0.39, 0.29) is 0 Å². The van der Waals surface area contributed by atoms with E-state index in [4.69, 9.17) is 16.3 Å². The van der Waals surface area contributed by atoms with Gasteiger partial charge >= 0.3 is 0 Å². The van der Waals surface area contributed by atoms with E-state index in [1.54, 1.807) is 0 Å². The molecular formula is C11H21ClO. The predicted octanol–water partition coefficient (Wildman–Crippen LogP) is 3.46. The van der Waals surface area contributed by atoms with E-state index in [0.29, 0.717) is 6.10 Å². The van der Waals surface area contributed by atoms with Gasteiger partial charge in [-0.05, 0) is 37.5 Å². The van der Waals surface area contributed by atoms with Crippen molar-refractivity contribution >= 4 is 11.6 Å². The second kappa shape index (κ2) is 5.87. The minimum Gasteiger partial charge on any atom is -0.378 e. The van der Waals surface area contributed by atoms with Crippen LogP contribution in [0.2, 0.25) is 0 Å². The van der Waals surface area contributed by atoms with Crippen LogP contribution in [0.3, 0.4) is 0 Å². The highest BCUT2D eigenvalue weighted by atomic mass is 35.5. The lowest BCUT2D eigenvalue weighted by Crippen LogP contribution is -2.27. The Bertz CT molecular complexity index is 138. The molecule has 0 aromatic heterocycles. The number of ether oxygens (including phenoxy) is 1. The zero-order valence-corrected chi connectivity index (χ0v) is 9.52. The molecule has 0 N–H and O–H groups in total. The summed E-state index contributed by atoms with van der Waals surface area (Å²) in [6.45, 7) is 5.52. The third-order valence-electron chi connectivity index (χ3n) is 3.18. The quantitative estimate of drug-likeness (QED) is 0.504. The number of halogens is 1. The van der Waals surface area contributed by atoms with Crippen molar-refractivity contribution in [2.24, 2.45) is 11.8 Å². The first kappa shape index (κ1) is 11.3. The molecule has 1 nitrogen and oxygen atoms in total. The first-order chi connectivity index (χ1) is 6.24. The molecule has 0 aromatic rings. The Balaban J connectivity index is 2.14. The molecule has 0 aromatic carbocycles. The van der Waals surface area contributed by atoms with Gasteiger partial charge in [0.1, 0.15) is 0 Å². The van der Waals surface area contributed by atoms with Crippen molar-refractivity contribution in [2.75, 3.05) is 12.5 Å². The standard InChI is InChI=1S/C11H21ClO/c1-9-4-5-11(8-10(9)2)13-7-3-6-12/h9-11H,3-8H2,1-2H3. The summed E-state index contributed by atoms with van der Waals surface area (Å²) in [7, 11) is 0. The largest absolute Gasteiger partial charge is 0.378 e. The van der Waals surface area contributed by atoms with Gasteiger partial charge in [-0.25, -0.2) is 0 Å². The number of rotatable bonds is 4. The van der Waals surface area contributed by atoms with Crippen LogP contribution in [-0.2, 0) is 4.74 Å². The van der Waals surface area contributed by atoms with Crippen LogP contribution in [0.25, 0.3) is 0 Å². The van der Waals surface area contributed by atoms with Crippen LogP contribution < -0.4 is 0 Å². The van der Waals surface area contributed by atoms with Crippen LogP contribution in [-0.4, -0.2) is 18.6 Å². The molecule has 3 atom stereocenters. The van der Waals surface area contributed by atoms with Crippen molar-refractivity contribution < 1.29 is 4.74 Å². The van der Waals surface area contributed by atoms with Gasteiger partial charge in [-0.15, -0.1) is 11.6 Å². The average molecular weight is 205 g/mol. The lowest BCUT2D eigenvalue weighted by molar-refractivity contribution is 0.00327. The van der Waals surface area contributed by atoms with Crippen molar-refractivity contribution in [2.45, 2.75) is 45.6 Å². The van der Waals surface area contributed by atoms with Gasteiger partial charge in [-0.1, -0.05) is 13.8 Å². The van der Waals surface area contributed by atoms with Gasteiger partial charge in [-0.2, -0.15) is 0 Å². The molecule has 2 heteroatoms. The Hall–Kier alpha value is 0.250. The smallest absolute Gasteiger partial charge is 0.0577 e. The van der Waals surface area contributed by atoms with E-state index in [9.17, 15) is 0 Å². The SMILES string of the molecule is CC1CCC(OCCCCl)CC1C. The van der Waals surface area contributed by atoms with Crippen LogP contribution >= 0.6 is 11.6 Å². The molecule has 0 aliphatic heterocycles. The minimum atomic E-state index is 0.509. The van der Waals surface area contributed by atoms with E-state index >= 15 is 0 Å². The maximum Gasteiger partial charge on any atom is 0.0577 e. The molecule has 0 heterocycles. The molecule has 1 rings (SSSR count). The Morgan fingerprint density at radius 2 is 2.00 bits per heavy atom. The van der Waals surface area contributed by atoms with Crippen molar-refractivity contribution in [1.29, 1.82) is 0 Å². The second-order valence-electron chi connectivity index (χ2n) is 4.30. The maximum atomic E-state index is 5.76. The van der Waals surface area contributed by atoms with Crippen molar-refractivity contribution in [3.63, 3.8) is 0 Å². The molecule has 1 saturated carbocycles. The molecule has 0 radical (unpaired) electrons. The number of hydrogen-bond acceptors (Lipinski definition) is 1. The fourth-order valence-corrected chi connectivity index (χ4v) is 2.06. The zero-order chi connectivity index (χ0) is 9.68. The van der Waals surface area contributed by atoms with Gasteiger partial charge in [0, 0.05) is 12.5 Å². The van der Waals surface area contributed by atoms with Crippen LogP contribution in [0.15, 0.2) is 0 Å². The molecule has 13 heavy (non-hydrogen) atoms. The molecule has 0 bridgehead atoms. The molecule has 0 amide bonds. The Morgan fingerprint density at radius 1 is 1.23 bits per heavy atom. The van der Waals surface area contributed by atoms with E-state index in [0.717, 1.165) is 30.7 Å². The summed E-state index contributed by atoms with van der Waals surface area (Å²) in [5.41, 5.74) is 0. The summed E-state index contributed by atoms with van der Waals surface area (Å²) < 4.78 is 5.76. The van der Waals surface area contributed by atoms with Crippen molar-refractivity contribution in [3.05, 3.63) is 0 Å². The van der Waals surface area contributed by atoms with Gasteiger partial charge in [0.2, 0.25) is 0 Å². The van der Waals surface area contributed by atoms with Crippen molar-refractivity contribution in [1.82, 2.24) is 0 Å². The molecule has 0 spiro atoms. The topological polar surface area (TPSA) is 9.23 Å². The summed E-state index contributed by atoms with van der Waals surface area (Å²) in [5.74, 6) is 2.43. The van der Waals surface area contributed by atoms with Gasteiger partial charge < -0.3 is 4.74 Å². The van der Waals surface area contributed by atoms with E-state index in [1.807, 2.05) is 0 Å². The highest BCUT2D eigenvalue weighted by molar-refractivity contribution is 6.17. The summed E-state index contributed by atoms with van der Waals surface area (Å²) >= 11 is 5.59. The summed E-state index contributed by atoms with van der Waals surface area (Å²) in [6.07, 6.45) is 5.31. The van der Waals surface area contributed by atoms with E-state index in [2.05, 4.69) is 13.8 Å². The normalized spacial score (nSPS) is 34.8. The van der Waals surface area contributed by atoms with Crippen LogP contribution in [0.5, 0.6) is 0 Å². The second-order valence-corrected chi connectivity index (χ2v) is 4.68. The first-order valence-corrected chi connectivity index (χ1v) is 5.95. The summed E-state index contributed by atoms with van der Waals surface area (Å²) in [5, 5.41) is 0. The molecule has 1 aliphatic carbocycles. The fourth-order valence-electron chi connectivity index (χ4n) is 1.95. The molecule has 1 aliphatic rings. The third-order valence-corrected chi connectivity index (χ3v) is 3.45. The third kappa shape index (κ3) is 3.86. The summed E-state index contributed by atoms with van der Waals surface area (Å²) in [4.78, 5) is 0. The first-order valence-electron chi connectivity index (χ1n) is 5.41. The summed E-state index contributed by atoms with van der Waals surface area (Å²) in [6, 6.07) is 0. The maximum absolute atomic E-state index is 5.76. The molecule has 3 unspecified atom stereocenters. The fraction of sp³-hybridized carbons (Fsp3) is 1.00. The molecule has 0 saturated heterocycles. The number of hydrogen-bond donors (Lipinski definition) is 0. The van der Waals surface area contributed by atoms with E-state index in [1.165, 1.54) is 19.3 Å². The Kier molecular flexibility index (Phi) is 5.12.